The second kappa shape index (κ2) is 4.77. The fourth-order valence-electron chi connectivity index (χ4n) is 1.98. The zero-order chi connectivity index (χ0) is 14.4. The Bertz CT molecular complexity index is 477. The van der Waals surface area contributed by atoms with Crippen LogP contribution < -0.4 is 5.73 Å². The molecule has 0 saturated carbocycles. The summed E-state index contributed by atoms with van der Waals surface area (Å²) in [5.41, 5.74) is 5.92. The van der Waals surface area contributed by atoms with Crippen molar-refractivity contribution in [1.82, 2.24) is 0 Å². The number of phenols is 1. The minimum atomic E-state index is -0.579. The Kier molecular flexibility index (Phi) is 3.73. The van der Waals surface area contributed by atoms with Crippen molar-refractivity contribution < 1.29 is 14.4 Å². The SMILES string of the molecule is CC1(C)OB([C@@H](N)c2cccc(Br)c2O)OC1(C)C. The summed E-state index contributed by atoms with van der Waals surface area (Å²) in [4.78, 5) is 0. The number of benzene rings is 1. The van der Waals surface area contributed by atoms with Crippen LogP contribution >= 0.6 is 15.9 Å². The Hall–Kier alpha value is -0.555. The van der Waals surface area contributed by atoms with Gasteiger partial charge < -0.3 is 20.1 Å². The van der Waals surface area contributed by atoms with E-state index in [9.17, 15) is 5.11 Å². The van der Waals surface area contributed by atoms with E-state index in [0.29, 0.717) is 10.0 Å². The maximum Gasteiger partial charge on any atom is 0.480 e. The lowest BCUT2D eigenvalue weighted by Gasteiger charge is -2.32. The number of hydrogen-bond acceptors (Lipinski definition) is 4. The number of rotatable bonds is 2. The van der Waals surface area contributed by atoms with Crippen LogP contribution in [0.2, 0.25) is 0 Å². The van der Waals surface area contributed by atoms with Crippen molar-refractivity contribution in [3.63, 3.8) is 0 Å². The summed E-state index contributed by atoms with van der Waals surface area (Å²) in [6.45, 7) is 7.89. The molecule has 4 nitrogen and oxygen atoms in total. The fourth-order valence-corrected chi connectivity index (χ4v) is 2.36. The number of phenolic OH excluding ortho intramolecular Hbond substituents is 1. The Balaban J connectivity index is 2.27. The molecule has 0 aromatic heterocycles. The van der Waals surface area contributed by atoms with Gasteiger partial charge in [-0.2, -0.15) is 0 Å². The van der Waals surface area contributed by atoms with Crippen LogP contribution in [0.15, 0.2) is 22.7 Å². The van der Waals surface area contributed by atoms with Crippen LogP contribution in [-0.2, 0) is 9.31 Å². The van der Waals surface area contributed by atoms with Gasteiger partial charge in [-0.25, -0.2) is 0 Å². The topological polar surface area (TPSA) is 64.7 Å². The molecule has 2 rings (SSSR count). The standard InChI is InChI=1S/C13H19BBrNO3/c1-12(2)13(3,4)19-14(18-12)11(16)8-6-5-7-9(15)10(8)17/h5-7,11,17H,16H2,1-4H3/t11-/m0/s1. The lowest BCUT2D eigenvalue weighted by Crippen LogP contribution is -2.41. The van der Waals surface area contributed by atoms with E-state index < -0.39 is 24.3 Å². The second-order valence-electron chi connectivity index (χ2n) is 5.83. The van der Waals surface area contributed by atoms with Crippen molar-refractivity contribution in [2.75, 3.05) is 0 Å². The monoisotopic (exact) mass is 327 g/mol. The highest BCUT2D eigenvalue weighted by Gasteiger charge is 2.53. The van der Waals surface area contributed by atoms with E-state index in [1.807, 2.05) is 33.8 Å². The molecule has 1 atom stereocenters. The van der Waals surface area contributed by atoms with Gasteiger partial charge in [-0.3, -0.25) is 0 Å². The van der Waals surface area contributed by atoms with Crippen LogP contribution in [0.4, 0.5) is 0 Å². The summed E-state index contributed by atoms with van der Waals surface area (Å²) in [5.74, 6) is -0.414. The molecular weight excluding hydrogens is 309 g/mol. The van der Waals surface area contributed by atoms with Crippen molar-refractivity contribution >= 4 is 23.0 Å². The maximum atomic E-state index is 10.1. The third kappa shape index (κ3) is 2.54. The number of nitrogens with two attached hydrogens (primary N) is 1. The van der Waals surface area contributed by atoms with E-state index in [-0.39, 0.29) is 5.75 Å². The summed E-state index contributed by atoms with van der Waals surface area (Å²) < 4.78 is 12.4. The maximum absolute atomic E-state index is 10.1. The average Bonchev–Trinajstić information content (AvgIpc) is 2.51. The molecule has 1 saturated heterocycles. The van der Waals surface area contributed by atoms with Gasteiger partial charge in [0.15, 0.2) is 0 Å². The molecule has 1 heterocycles. The summed E-state index contributed by atoms with van der Waals surface area (Å²) >= 11 is 3.28. The van der Waals surface area contributed by atoms with Crippen LogP contribution in [0.3, 0.4) is 0 Å². The highest BCUT2D eigenvalue weighted by Crippen LogP contribution is 2.41. The minimum absolute atomic E-state index is 0.129. The molecule has 0 unspecified atom stereocenters. The van der Waals surface area contributed by atoms with E-state index in [0.717, 1.165) is 0 Å². The number of halogens is 1. The Morgan fingerprint density at radius 3 is 2.26 bits per heavy atom. The normalized spacial score (nSPS) is 22.5. The summed E-state index contributed by atoms with van der Waals surface area (Å²) in [7, 11) is -0.579. The average molecular weight is 328 g/mol. The molecule has 0 radical (unpaired) electrons. The van der Waals surface area contributed by atoms with Crippen LogP contribution in [0, 0.1) is 0 Å². The van der Waals surface area contributed by atoms with Gasteiger partial charge in [0.25, 0.3) is 0 Å². The van der Waals surface area contributed by atoms with E-state index in [1.54, 1.807) is 12.1 Å². The zero-order valence-corrected chi connectivity index (χ0v) is 13.2. The first-order valence-electron chi connectivity index (χ1n) is 6.24. The molecule has 0 bridgehead atoms. The predicted octanol–water partition coefficient (Wildman–Crippen LogP) is 2.79. The van der Waals surface area contributed by atoms with Crippen LogP contribution in [0.5, 0.6) is 5.75 Å². The van der Waals surface area contributed by atoms with Gasteiger partial charge in [-0.1, -0.05) is 12.1 Å². The first-order chi connectivity index (χ1) is 8.66. The fraction of sp³-hybridized carbons (Fsp3) is 0.538. The van der Waals surface area contributed by atoms with Crippen LogP contribution in [0.1, 0.15) is 39.2 Å². The molecular formula is C13H19BBrNO3. The van der Waals surface area contributed by atoms with Crippen molar-refractivity contribution in [1.29, 1.82) is 0 Å². The first-order valence-corrected chi connectivity index (χ1v) is 7.03. The smallest absolute Gasteiger partial charge is 0.480 e. The zero-order valence-electron chi connectivity index (χ0n) is 11.6. The van der Waals surface area contributed by atoms with Crippen LogP contribution in [-0.4, -0.2) is 23.4 Å². The van der Waals surface area contributed by atoms with Gasteiger partial charge in [0.05, 0.1) is 21.6 Å². The van der Waals surface area contributed by atoms with Gasteiger partial charge >= 0.3 is 7.12 Å². The third-order valence-electron chi connectivity index (χ3n) is 3.94. The summed E-state index contributed by atoms with van der Waals surface area (Å²) in [5, 5.41) is 10.1. The second-order valence-corrected chi connectivity index (χ2v) is 6.68. The number of hydrogen-bond donors (Lipinski definition) is 2. The molecule has 6 heteroatoms. The third-order valence-corrected chi connectivity index (χ3v) is 4.58. The molecule has 1 aromatic rings. The van der Waals surface area contributed by atoms with Crippen molar-refractivity contribution in [3.8, 4) is 5.75 Å². The molecule has 19 heavy (non-hydrogen) atoms. The van der Waals surface area contributed by atoms with Gasteiger partial charge in [0, 0.05) is 5.56 Å². The highest BCUT2D eigenvalue weighted by atomic mass is 79.9. The van der Waals surface area contributed by atoms with Gasteiger partial charge in [-0.05, 0) is 49.7 Å². The van der Waals surface area contributed by atoms with Crippen molar-refractivity contribution in [2.24, 2.45) is 5.73 Å². The Labute approximate surface area is 122 Å². The van der Waals surface area contributed by atoms with E-state index >= 15 is 0 Å². The van der Waals surface area contributed by atoms with E-state index in [4.69, 9.17) is 15.0 Å². The molecule has 0 aliphatic carbocycles. The van der Waals surface area contributed by atoms with Crippen LogP contribution in [0.25, 0.3) is 0 Å². The van der Waals surface area contributed by atoms with Gasteiger partial charge in [-0.15, -0.1) is 0 Å². The molecule has 104 valence electrons. The predicted molar refractivity (Wildman–Crippen MR) is 78.8 cm³/mol. The molecule has 3 N–H and O–H groups in total. The Morgan fingerprint density at radius 1 is 1.21 bits per heavy atom. The van der Waals surface area contributed by atoms with Crippen molar-refractivity contribution in [3.05, 3.63) is 28.2 Å². The van der Waals surface area contributed by atoms with E-state index in [1.165, 1.54) is 0 Å². The number of para-hydroxylation sites is 1. The van der Waals surface area contributed by atoms with Gasteiger partial charge in [0.2, 0.25) is 0 Å². The molecule has 0 amide bonds. The van der Waals surface area contributed by atoms with E-state index in [2.05, 4.69) is 15.9 Å². The molecule has 1 fully saturated rings. The lowest BCUT2D eigenvalue weighted by molar-refractivity contribution is 0.00578. The molecule has 1 aromatic carbocycles. The Morgan fingerprint density at radius 2 is 1.74 bits per heavy atom. The first kappa shape index (κ1) is 14.8. The molecule has 1 aliphatic heterocycles. The largest absolute Gasteiger partial charge is 0.506 e. The lowest BCUT2D eigenvalue weighted by atomic mass is 9.74. The summed E-state index contributed by atoms with van der Waals surface area (Å²) in [6, 6.07) is 5.36. The number of aromatic hydroxyl groups is 1. The van der Waals surface area contributed by atoms with Gasteiger partial charge in [0.1, 0.15) is 5.75 Å². The molecule has 0 spiro atoms. The summed E-state index contributed by atoms with van der Waals surface area (Å²) in [6.07, 6.45) is 0. The quantitative estimate of drug-likeness (QED) is 0.820. The molecule has 1 aliphatic rings. The van der Waals surface area contributed by atoms with Crippen molar-refractivity contribution in [2.45, 2.75) is 44.8 Å². The minimum Gasteiger partial charge on any atom is -0.506 e. The highest BCUT2D eigenvalue weighted by molar-refractivity contribution is 9.10.